The van der Waals surface area contributed by atoms with Crippen LogP contribution in [0.5, 0.6) is 0 Å². The molecule has 0 aliphatic carbocycles. The third-order valence-electron chi connectivity index (χ3n) is 3.12. The number of nitrogens with one attached hydrogen (secondary N) is 1. The van der Waals surface area contributed by atoms with Crippen molar-refractivity contribution in [2.75, 3.05) is 5.32 Å². The van der Waals surface area contributed by atoms with Gasteiger partial charge >= 0.3 is 0 Å². The van der Waals surface area contributed by atoms with E-state index in [0.717, 1.165) is 21.1 Å². The number of rotatable bonds is 3. The zero-order chi connectivity index (χ0) is 13.9. The molecule has 0 amide bonds. The summed E-state index contributed by atoms with van der Waals surface area (Å²) in [6.45, 7) is 0.715. The van der Waals surface area contributed by atoms with Gasteiger partial charge in [0.2, 0.25) is 0 Å². The van der Waals surface area contributed by atoms with E-state index in [0.29, 0.717) is 11.6 Å². The topological polar surface area (TPSA) is 24.9 Å². The van der Waals surface area contributed by atoms with Gasteiger partial charge in [-0.15, -0.1) is 0 Å². The Hall–Kier alpha value is -1.58. The lowest BCUT2D eigenvalue weighted by atomic mass is 10.1. The van der Waals surface area contributed by atoms with Crippen molar-refractivity contribution in [2.45, 2.75) is 6.54 Å². The van der Waals surface area contributed by atoms with Crippen LogP contribution in [0.25, 0.3) is 10.9 Å². The molecule has 1 N–H and O–H groups in total. The van der Waals surface area contributed by atoms with Crippen molar-refractivity contribution < 1.29 is 0 Å². The van der Waals surface area contributed by atoms with Gasteiger partial charge in [-0.05, 0) is 45.8 Å². The fourth-order valence-electron chi connectivity index (χ4n) is 2.11. The van der Waals surface area contributed by atoms with E-state index < -0.39 is 0 Å². The normalized spacial score (nSPS) is 10.7. The predicted molar refractivity (Wildman–Crippen MR) is 88.2 cm³/mol. The largest absolute Gasteiger partial charge is 0.381 e. The molecule has 0 atom stereocenters. The molecule has 0 radical (unpaired) electrons. The SMILES string of the molecule is Clc1cc(NCc2cccc3cccnc23)ccc1Br. The van der Waals surface area contributed by atoms with Crippen LogP contribution in [0.15, 0.2) is 59.2 Å². The molecule has 0 saturated carbocycles. The molecule has 3 aromatic rings. The lowest BCUT2D eigenvalue weighted by molar-refractivity contribution is 1.15. The molecule has 3 rings (SSSR count). The molecule has 0 fully saturated rings. The summed E-state index contributed by atoms with van der Waals surface area (Å²) < 4.78 is 0.900. The van der Waals surface area contributed by atoms with Gasteiger partial charge < -0.3 is 5.32 Å². The van der Waals surface area contributed by atoms with Crippen LogP contribution in [0.1, 0.15) is 5.56 Å². The number of anilines is 1. The first kappa shape index (κ1) is 13.4. The molecular weight excluding hydrogens is 336 g/mol. The summed E-state index contributed by atoms with van der Waals surface area (Å²) in [7, 11) is 0. The predicted octanol–water partition coefficient (Wildman–Crippen LogP) is 5.26. The first-order chi connectivity index (χ1) is 9.74. The van der Waals surface area contributed by atoms with Crippen molar-refractivity contribution in [3.8, 4) is 0 Å². The molecule has 2 nitrogen and oxygen atoms in total. The number of pyridine rings is 1. The Bertz CT molecular complexity index is 753. The first-order valence-electron chi connectivity index (χ1n) is 6.25. The maximum absolute atomic E-state index is 6.09. The van der Waals surface area contributed by atoms with Gasteiger partial charge in [-0.25, -0.2) is 0 Å². The van der Waals surface area contributed by atoms with Crippen LogP contribution in [0.4, 0.5) is 5.69 Å². The van der Waals surface area contributed by atoms with Gasteiger partial charge in [0.15, 0.2) is 0 Å². The average Bonchev–Trinajstić information content (AvgIpc) is 2.48. The molecule has 100 valence electrons. The zero-order valence-corrected chi connectivity index (χ0v) is 12.9. The van der Waals surface area contributed by atoms with Crippen LogP contribution in [-0.4, -0.2) is 4.98 Å². The summed E-state index contributed by atoms with van der Waals surface area (Å²) in [6.07, 6.45) is 1.82. The highest BCUT2D eigenvalue weighted by Gasteiger charge is 2.03. The molecule has 2 aromatic carbocycles. The Morgan fingerprint density at radius 2 is 1.95 bits per heavy atom. The number of para-hydroxylation sites is 1. The number of hydrogen-bond donors (Lipinski definition) is 1. The van der Waals surface area contributed by atoms with Crippen LogP contribution in [0.2, 0.25) is 5.02 Å². The second-order valence-corrected chi connectivity index (χ2v) is 5.74. The van der Waals surface area contributed by atoms with Crippen molar-refractivity contribution in [1.82, 2.24) is 4.98 Å². The van der Waals surface area contributed by atoms with E-state index in [1.807, 2.05) is 30.5 Å². The Kier molecular flexibility index (Phi) is 3.90. The molecule has 0 spiro atoms. The standard InChI is InChI=1S/C16H12BrClN2/c17-14-7-6-13(9-15(14)18)20-10-12-4-1-3-11-5-2-8-19-16(11)12/h1-9,20H,10H2. The van der Waals surface area contributed by atoms with E-state index in [1.165, 1.54) is 5.56 Å². The highest BCUT2D eigenvalue weighted by molar-refractivity contribution is 9.10. The van der Waals surface area contributed by atoms with Crippen molar-refractivity contribution >= 4 is 44.1 Å². The Labute approximate surface area is 130 Å². The van der Waals surface area contributed by atoms with E-state index in [2.05, 4.69) is 50.5 Å². The van der Waals surface area contributed by atoms with Crippen LogP contribution in [0, 0.1) is 0 Å². The van der Waals surface area contributed by atoms with Gasteiger partial charge in [-0.1, -0.05) is 35.9 Å². The molecule has 4 heteroatoms. The minimum Gasteiger partial charge on any atom is -0.381 e. The molecule has 0 saturated heterocycles. The van der Waals surface area contributed by atoms with E-state index >= 15 is 0 Å². The van der Waals surface area contributed by atoms with Crippen LogP contribution in [0.3, 0.4) is 0 Å². The minimum atomic E-state index is 0.700. The highest BCUT2D eigenvalue weighted by Crippen LogP contribution is 2.26. The van der Waals surface area contributed by atoms with Crippen molar-refractivity contribution in [3.63, 3.8) is 0 Å². The summed E-state index contributed by atoms with van der Waals surface area (Å²) in [5, 5.41) is 5.23. The summed E-state index contributed by atoms with van der Waals surface area (Å²) in [5.74, 6) is 0. The van der Waals surface area contributed by atoms with E-state index in [1.54, 1.807) is 0 Å². The maximum atomic E-state index is 6.09. The minimum absolute atomic E-state index is 0.700. The zero-order valence-electron chi connectivity index (χ0n) is 10.6. The summed E-state index contributed by atoms with van der Waals surface area (Å²) in [4.78, 5) is 4.45. The van der Waals surface area contributed by atoms with Gasteiger partial charge in [0.25, 0.3) is 0 Å². The van der Waals surface area contributed by atoms with Crippen LogP contribution < -0.4 is 5.32 Å². The molecule has 0 aliphatic heterocycles. The van der Waals surface area contributed by atoms with E-state index in [4.69, 9.17) is 11.6 Å². The molecule has 0 bridgehead atoms. The third-order valence-corrected chi connectivity index (χ3v) is 4.35. The van der Waals surface area contributed by atoms with Crippen LogP contribution in [-0.2, 0) is 6.54 Å². The van der Waals surface area contributed by atoms with Gasteiger partial charge in [-0.2, -0.15) is 0 Å². The van der Waals surface area contributed by atoms with Crippen LogP contribution >= 0.6 is 27.5 Å². The van der Waals surface area contributed by atoms with Gasteiger partial charge in [-0.3, -0.25) is 4.98 Å². The smallest absolute Gasteiger partial charge is 0.0751 e. The Morgan fingerprint density at radius 3 is 2.80 bits per heavy atom. The number of fused-ring (bicyclic) bond motifs is 1. The monoisotopic (exact) mass is 346 g/mol. The lowest BCUT2D eigenvalue weighted by Gasteiger charge is -2.09. The fourth-order valence-corrected chi connectivity index (χ4v) is 2.54. The number of nitrogens with zero attached hydrogens (tertiary/aromatic N) is 1. The third kappa shape index (κ3) is 2.79. The molecule has 0 unspecified atom stereocenters. The van der Waals surface area contributed by atoms with Gasteiger partial charge in [0.1, 0.15) is 0 Å². The average molecular weight is 348 g/mol. The number of aromatic nitrogens is 1. The second kappa shape index (κ2) is 5.81. The Morgan fingerprint density at radius 1 is 1.10 bits per heavy atom. The number of benzene rings is 2. The molecule has 1 heterocycles. The number of hydrogen-bond acceptors (Lipinski definition) is 2. The van der Waals surface area contributed by atoms with Gasteiger partial charge in [0, 0.05) is 28.3 Å². The fraction of sp³-hybridized carbons (Fsp3) is 0.0625. The van der Waals surface area contributed by atoms with Crippen molar-refractivity contribution in [3.05, 3.63) is 69.8 Å². The van der Waals surface area contributed by atoms with Crippen molar-refractivity contribution in [1.29, 1.82) is 0 Å². The van der Waals surface area contributed by atoms with E-state index in [-0.39, 0.29) is 0 Å². The summed E-state index contributed by atoms with van der Waals surface area (Å²) >= 11 is 9.48. The summed E-state index contributed by atoms with van der Waals surface area (Å²) in [5.41, 5.74) is 3.19. The summed E-state index contributed by atoms with van der Waals surface area (Å²) in [6, 6.07) is 16.1. The first-order valence-corrected chi connectivity index (χ1v) is 7.43. The molecule has 20 heavy (non-hydrogen) atoms. The maximum Gasteiger partial charge on any atom is 0.0751 e. The second-order valence-electron chi connectivity index (χ2n) is 4.47. The lowest BCUT2D eigenvalue weighted by Crippen LogP contribution is -2.00. The Balaban J connectivity index is 1.85. The molecule has 0 aliphatic rings. The van der Waals surface area contributed by atoms with Crippen molar-refractivity contribution in [2.24, 2.45) is 0 Å². The molecular formula is C16H12BrClN2. The quantitative estimate of drug-likeness (QED) is 0.699. The highest BCUT2D eigenvalue weighted by atomic mass is 79.9. The molecule has 1 aromatic heterocycles. The van der Waals surface area contributed by atoms with Gasteiger partial charge in [0.05, 0.1) is 10.5 Å². The van der Waals surface area contributed by atoms with E-state index in [9.17, 15) is 0 Å². The number of halogens is 2.